The number of aromatic nitrogens is 1. The monoisotopic (exact) mass is 268 g/mol. The van der Waals surface area contributed by atoms with Gasteiger partial charge in [0, 0.05) is 13.1 Å². The molecule has 0 radical (unpaired) electrons. The summed E-state index contributed by atoms with van der Waals surface area (Å²) in [6, 6.07) is 0. The fourth-order valence-corrected chi connectivity index (χ4v) is 3.31. The molecular formula is C13H20N2O2S. The Morgan fingerprint density at radius 3 is 2.89 bits per heavy atom. The largest absolute Gasteiger partial charge is 0.465 e. The highest BCUT2D eigenvalue weighted by molar-refractivity contribution is 7.17. The van der Waals surface area contributed by atoms with Crippen LogP contribution in [0.5, 0.6) is 0 Å². The lowest BCUT2D eigenvalue weighted by molar-refractivity contribution is 0.0606. The molecule has 0 aromatic carbocycles. The van der Waals surface area contributed by atoms with Gasteiger partial charge in [0.1, 0.15) is 4.88 Å². The molecule has 4 nitrogen and oxygen atoms in total. The van der Waals surface area contributed by atoms with E-state index in [0.29, 0.717) is 4.88 Å². The maximum atomic E-state index is 11.4. The molecule has 1 aliphatic rings. The fraction of sp³-hybridized carbons (Fsp3) is 0.692. The Morgan fingerprint density at radius 2 is 2.28 bits per heavy atom. The van der Waals surface area contributed by atoms with Crippen molar-refractivity contribution in [3.05, 3.63) is 11.1 Å². The number of thiazole rings is 1. The first kappa shape index (κ1) is 13.3. The molecule has 5 heteroatoms. The minimum atomic E-state index is -0.292. The SMILES string of the molecule is CCCC1CCN(c2ncc(C(=O)OC)s2)CC1. The third-order valence-electron chi connectivity index (χ3n) is 3.46. The molecule has 2 heterocycles. The average molecular weight is 268 g/mol. The number of carbonyl (C=O) groups excluding carboxylic acids is 1. The third-order valence-corrected chi connectivity index (χ3v) is 4.50. The smallest absolute Gasteiger partial charge is 0.349 e. The summed E-state index contributed by atoms with van der Waals surface area (Å²) in [5.74, 6) is 0.575. The predicted octanol–water partition coefficient (Wildman–Crippen LogP) is 2.95. The molecule has 0 spiro atoms. The quantitative estimate of drug-likeness (QED) is 0.787. The summed E-state index contributed by atoms with van der Waals surface area (Å²) in [7, 11) is 1.40. The Hall–Kier alpha value is -1.10. The van der Waals surface area contributed by atoms with E-state index >= 15 is 0 Å². The molecule has 0 amide bonds. The molecule has 0 unspecified atom stereocenters. The molecular weight excluding hydrogens is 248 g/mol. The minimum Gasteiger partial charge on any atom is -0.465 e. The molecule has 0 saturated carbocycles. The molecule has 1 saturated heterocycles. The number of piperidine rings is 1. The van der Waals surface area contributed by atoms with Crippen molar-refractivity contribution >= 4 is 22.4 Å². The van der Waals surface area contributed by atoms with Crippen LogP contribution in [0, 0.1) is 5.92 Å². The van der Waals surface area contributed by atoms with Gasteiger partial charge in [-0.25, -0.2) is 9.78 Å². The van der Waals surface area contributed by atoms with E-state index < -0.39 is 0 Å². The highest BCUT2D eigenvalue weighted by Gasteiger charge is 2.21. The maximum absolute atomic E-state index is 11.4. The molecule has 0 bridgehead atoms. The first-order chi connectivity index (χ1) is 8.74. The fourth-order valence-electron chi connectivity index (χ4n) is 2.43. The first-order valence-corrected chi connectivity index (χ1v) is 7.35. The Kier molecular flexibility index (Phi) is 4.58. The second-order valence-corrected chi connectivity index (χ2v) is 5.73. The summed E-state index contributed by atoms with van der Waals surface area (Å²) < 4.78 is 4.70. The number of hydrogen-bond donors (Lipinski definition) is 0. The molecule has 0 N–H and O–H groups in total. The number of hydrogen-bond acceptors (Lipinski definition) is 5. The predicted molar refractivity (Wildman–Crippen MR) is 73.3 cm³/mol. The molecule has 0 atom stereocenters. The lowest BCUT2D eigenvalue weighted by Gasteiger charge is -2.31. The lowest BCUT2D eigenvalue weighted by atomic mass is 9.93. The molecule has 1 fully saturated rings. The van der Waals surface area contributed by atoms with Crippen molar-refractivity contribution in [1.82, 2.24) is 4.98 Å². The van der Waals surface area contributed by atoms with Crippen molar-refractivity contribution in [2.24, 2.45) is 5.92 Å². The van der Waals surface area contributed by atoms with Crippen molar-refractivity contribution in [3.63, 3.8) is 0 Å². The maximum Gasteiger partial charge on any atom is 0.349 e. The van der Waals surface area contributed by atoms with Gasteiger partial charge in [0.2, 0.25) is 0 Å². The van der Waals surface area contributed by atoms with Crippen LogP contribution in [-0.4, -0.2) is 31.2 Å². The summed E-state index contributed by atoms with van der Waals surface area (Å²) in [5.41, 5.74) is 0. The zero-order valence-electron chi connectivity index (χ0n) is 11.0. The zero-order chi connectivity index (χ0) is 13.0. The molecule has 1 aromatic rings. The topological polar surface area (TPSA) is 42.4 Å². The van der Waals surface area contributed by atoms with E-state index in [9.17, 15) is 4.79 Å². The van der Waals surface area contributed by atoms with Crippen molar-refractivity contribution < 1.29 is 9.53 Å². The van der Waals surface area contributed by atoms with Gasteiger partial charge >= 0.3 is 5.97 Å². The van der Waals surface area contributed by atoms with Gasteiger partial charge in [-0.1, -0.05) is 31.1 Å². The Bertz CT molecular complexity index is 397. The van der Waals surface area contributed by atoms with E-state index in [2.05, 4.69) is 16.8 Å². The molecule has 1 aliphatic heterocycles. The summed E-state index contributed by atoms with van der Waals surface area (Å²) in [6.45, 7) is 4.35. The summed E-state index contributed by atoms with van der Waals surface area (Å²) in [6.07, 6.45) is 6.69. The zero-order valence-corrected chi connectivity index (χ0v) is 11.8. The van der Waals surface area contributed by atoms with Crippen LogP contribution in [0.3, 0.4) is 0 Å². The standard InChI is InChI=1S/C13H20N2O2S/c1-3-4-10-5-7-15(8-6-10)13-14-9-11(18-13)12(16)17-2/h9-10H,3-8H2,1-2H3. The van der Waals surface area contributed by atoms with E-state index in [1.165, 1.54) is 44.1 Å². The van der Waals surface area contributed by atoms with Crippen molar-refractivity contribution in [2.75, 3.05) is 25.1 Å². The van der Waals surface area contributed by atoms with Gasteiger partial charge in [-0.05, 0) is 18.8 Å². The highest BCUT2D eigenvalue weighted by Crippen LogP contribution is 2.29. The molecule has 100 valence electrons. The number of rotatable bonds is 4. The Morgan fingerprint density at radius 1 is 1.56 bits per heavy atom. The van der Waals surface area contributed by atoms with Crippen molar-refractivity contribution in [2.45, 2.75) is 32.6 Å². The number of nitrogens with zero attached hydrogens (tertiary/aromatic N) is 2. The Balaban J connectivity index is 1.93. The van der Waals surface area contributed by atoms with Crippen LogP contribution < -0.4 is 4.90 Å². The van der Waals surface area contributed by atoms with Gasteiger partial charge in [0.25, 0.3) is 0 Å². The number of esters is 1. The van der Waals surface area contributed by atoms with Gasteiger partial charge in [-0.2, -0.15) is 0 Å². The number of ether oxygens (including phenoxy) is 1. The van der Waals surface area contributed by atoms with E-state index in [-0.39, 0.29) is 5.97 Å². The minimum absolute atomic E-state index is 0.292. The van der Waals surface area contributed by atoms with Crippen LogP contribution in [-0.2, 0) is 4.74 Å². The second kappa shape index (κ2) is 6.18. The Labute approximate surface area is 112 Å². The van der Waals surface area contributed by atoms with Crippen LogP contribution in [0.1, 0.15) is 42.3 Å². The summed E-state index contributed by atoms with van der Waals surface area (Å²) in [5, 5.41) is 0.949. The van der Waals surface area contributed by atoms with Gasteiger partial charge in [-0.3, -0.25) is 0 Å². The second-order valence-electron chi connectivity index (χ2n) is 4.72. The molecule has 2 rings (SSSR count). The van der Waals surface area contributed by atoms with Gasteiger partial charge < -0.3 is 9.64 Å². The third kappa shape index (κ3) is 3.02. The van der Waals surface area contributed by atoms with Crippen molar-refractivity contribution in [3.8, 4) is 0 Å². The first-order valence-electron chi connectivity index (χ1n) is 6.53. The van der Waals surface area contributed by atoms with Crippen molar-refractivity contribution in [1.29, 1.82) is 0 Å². The molecule has 1 aromatic heterocycles. The van der Waals surface area contributed by atoms with E-state index in [4.69, 9.17) is 4.74 Å². The number of anilines is 1. The molecule has 18 heavy (non-hydrogen) atoms. The van der Waals surface area contributed by atoms with Crippen LogP contribution in [0.2, 0.25) is 0 Å². The summed E-state index contributed by atoms with van der Waals surface area (Å²) in [4.78, 5) is 18.6. The normalized spacial score (nSPS) is 16.9. The van der Waals surface area contributed by atoms with Crippen LogP contribution in [0.4, 0.5) is 5.13 Å². The number of methoxy groups -OCH3 is 1. The van der Waals surface area contributed by atoms with E-state index in [1.807, 2.05) is 0 Å². The highest BCUT2D eigenvalue weighted by atomic mass is 32.1. The van der Waals surface area contributed by atoms with E-state index in [1.54, 1.807) is 6.20 Å². The lowest BCUT2D eigenvalue weighted by Crippen LogP contribution is -2.33. The van der Waals surface area contributed by atoms with Crippen LogP contribution >= 0.6 is 11.3 Å². The van der Waals surface area contributed by atoms with E-state index in [0.717, 1.165) is 24.1 Å². The van der Waals surface area contributed by atoms with Gasteiger partial charge in [0.05, 0.1) is 13.3 Å². The van der Waals surface area contributed by atoms with Gasteiger partial charge in [0.15, 0.2) is 5.13 Å². The van der Waals surface area contributed by atoms with Crippen LogP contribution in [0.15, 0.2) is 6.20 Å². The molecule has 0 aliphatic carbocycles. The number of carbonyl (C=O) groups is 1. The summed E-state index contributed by atoms with van der Waals surface area (Å²) >= 11 is 1.43. The van der Waals surface area contributed by atoms with Crippen LogP contribution in [0.25, 0.3) is 0 Å². The average Bonchev–Trinajstić information content (AvgIpc) is 2.89. The van der Waals surface area contributed by atoms with Gasteiger partial charge in [-0.15, -0.1) is 0 Å².